The summed E-state index contributed by atoms with van der Waals surface area (Å²) in [6, 6.07) is 4.86. The molecule has 30 heavy (non-hydrogen) atoms. The van der Waals surface area contributed by atoms with Crippen molar-refractivity contribution in [3.8, 4) is 5.88 Å². The van der Waals surface area contributed by atoms with E-state index in [0.717, 1.165) is 20.8 Å². The number of rotatable bonds is 7. The molecule has 0 amide bonds. The number of nitrogens with zero attached hydrogens (tertiary/aromatic N) is 1. The fourth-order valence-electron chi connectivity index (χ4n) is 2.82. The third-order valence-electron chi connectivity index (χ3n) is 3.82. The number of esters is 4. The molecule has 0 N–H and O–H groups in total. The Hall–Kier alpha value is -3.21. The summed E-state index contributed by atoms with van der Waals surface area (Å²) in [5.41, 5.74) is 0. The van der Waals surface area contributed by atoms with E-state index < -0.39 is 54.6 Å². The van der Waals surface area contributed by atoms with Crippen LogP contribution < -0.4 is 4.74 Å². The maximum Gasteiger partial charge on any atom is 0.303 e. The van der Waals surface area contributed by atoms with Crippen LogP contribution >= 0.6 is 0 Å². The number of aromatic nitrogens is 1. The summed E-state index contributed by atoms with van der Waals surface area (Å²) in [5.74, 6) is -2.61. The summed E-state index contributed by atoms with van der Waals surface area (Å²) in [7, 11) is 0. The van der Waals surface area contributed by atoms with Crippen LogP contribution in [0.4, 0.5) is 0 Å². The molecule has 0 aliphatic carbocycles. The van der Waals surface area contributed by atoms with Crippen molar-refractivity contribution >= 4 is 23.9 Å². The SMILES string of the molecule is CC(=O)OC[C@H]1O[C@H](Oc2ccccn2)[C@@H](OC(C)=O)[C@@H](OC(C)=O)[C@@H]1OC(C)=O. The van der Waals surface area contributed by atoms with E-state index in [-0.39, 0.29) is 12.5 Å². The molecule has 1 aromatic rings. The van der Waals surface area contributed by atoms with Gasteiger partial charge in [-0.3, -0.25) is 19.2 Å². The molecular formula is C19H23NO10. The van der Waals surface area contributed by atoms with Gasteiger partial charge in [0.15, 0.2) is 12.2 Å². The normalized spacial score (nSPS) is 25.5. The summed E-state index contributed by atoms with van der Waals surface area (Å²) in [5, 5.41) is 0. The number of carbonyl (C=O) groups is 4. The van der Waals surface area contributed by atoms with Gasteiger partial charge >= 0.3 is 23.9 Å². The highest BCUT2D eigenvalue weighted by molar-refractivity contribution is 5.68. The van der Waals surface area contributed by atoms with Crippen molar-refractivity contribution in [3.63, 3.8) is 0 Å². The Balaban J connectivity index is 2.42. The van der Waals surface area contributed by atoms with E-state index in [1.165, 1.54) is 19.2 Å². The van der Waals surface area contributed by atoms with Crippen molar-refractivity contribution in [2.75, 3.05) is 6.61 Å². The summed E-state index contributed by atoms with van der Waals surface area (Å²) >= 11 is 0. The van der Waals surface area contributed by atoms with E-state index in [1.807, 2.05) is 0 Å². The second kappa shape index (κ2) is 10.5. The van der Waals surface area contributed by atoms with Crippen LogP contribution in [0.5, 0.6) is 5.88 Å². The Kier molecular flexibility index (Phi) is 8.10. The van der Waals surface area contributed by atoms with Crippen molar-refractivity contribution in [2.24, 2.45) is 0 Å². The molecule has 11 heteroatoms. The summed E-state index contributed by atoms with van der Waals surface area (Å²) in [6.07, 6.45) is -4.74. The minimum absolute atomic E-state index is 0.137. The van der Waals surface area contributed by atoms with Gasteiger partial charge in [0.2, 0.25) is 18.3 Å². The van der Waals surface area contributed by atoms with Crippen molar-refractivity contribution in [3.05, 3.63) is 24.4 Å². The summed E-state index contributed by atoms with van der Waals surface area (Å²) < 4.78 is 32.3. The van der Waals surface area contributed by atoms with Crippen molar-refractivity contribution in [2.45, 2.75) is 58.4 Å². The topological polar surface area (TPSA) is 137 Å². The lowest BCUT2D eigenvalue weighted by atomic mass is 9.98. The van der Waals surface area contributed by atoms with Crippen LogP contribution in [-0.2, 0) is 42.9 Å². The summed E-state index contributed by atoms with van der Waals surface area (Å²) in [4.78, 5) is 50.4. The van der Waals surface area contributed by atoms with Gasteiger partial charge in [0.25, 0.3) is 0 Å². The second-order valence-electron chi connectivity index (χ2n) is 6.35. The Labute approximate surface area is 172 Å². The highest BCUT2D eigenvalue weighted by atomic mass is 16.7. The molecule has 0 aromatic carbocycles. The molecule has 1 aliphatic rings. The smallest absolute Gasteiger partial charge is 0.303 e. The van der Waals surface area contributed by atoms with Crippen molar-refractivity contribution in [1.29, 1.82) is 0 Å². The monoisotopic (exact) mass is 425 g/mol. The first-order valence-electron chi connectivity index (χ1n) is 9.05. The Morgan fingerprint density at radius 1 is 0.867 bits per heavy atom. The summed E-state index contributed by atoms with van der Waals surface area (Å²) in [6.45, 7) is 4.29. The fourth-order valence-corrected chi connectivity index (χ4v) is 2.82. The third kappa shape index (κ3) is 6.69. The fraction of sp³-hybridized carbons (Fsp3) is 0.526. The maximum atomic E-state index is 11.7. The van der Waals surface area contributed by atoms with Crippen LogP contribution in [0.25, 0.3) is 0 Å². The van der Waals surface area contributed by atoms with Gasteiger partial charge in [0.05, 0.1) is 0 Å². The average Bonchev–Trinajstić information content (AvgIpc) is 2.64. The van der Waals surface area contributed by atoms with E-state index in [1.54, 1.807) is 12.1 Å². The molecule has 0 saturated carbocycles. The van der Waals surface area contributed by atoms with Gasteiger partial charge in [-0.2, -0.15) is 0 Å². The molecule has 0 bridgehead atoms. The average molecular weight is 425 g/mol. The predicted molar refractivity (Wildman–Crippen MR) is 96.8 cm³/mol. The molecule has 2 rings (SSSR count). The first-order valence-corrected chi connectivity index (χ1v) is 9.05. The van der Waals surface area contributed by atoms with E-state index in [4.69, 9.17) is 28.4 Å². The molecule has 1 saturated heterocycles. The quantitative estimate of drug-likeness (QED) is 0.447. The van der Waals surface area contributed by atoms with Gasteiger partial charge < -0.3 is 28.4 Å². The van der Waals surface area contributed by atoms with E-state index in [0.29, 0.717) is 0 Å². The molecule has 2 heterocycles. The number of hydrogen-bond acceptors (Lipinski definition) is 11. The zero-order chi connectivity index (χ0) is 22.3. The largest absolute Gasteiger partial charge is 0.463 e. The van der Waals surface area contributed by atoms with Gasteiger partial charge in [-0.25, -0.2) is 4.98 Å². The van der Waals surface area contributed by atoms with E-state index in [2.05, 4.69) is 4.98 Å². The first-order chi connectivity index (χ1) is 14.2. The Morgan fingerprint density at radius 2 is 1.47 bits per heavy atom. The highest BCUT2D eigenvalue weighted by Gasteiger charge is 2.53. The molecule has 164 valence electrons. The molecule has 1 aromatic heterocycles. The molecule has 0 unspecified atom stereocenters. The van der Waals surface area contributed by atoms with Gasteiger partial charge in [-0.15, -0.1) is 0 Å². The van der Waals surface area contributed by atoms with Crippen LogP contribution in [0.15, 0.2) is 24.4 Å². The van der Waals surface area contributed by atoms with Crippen LogP contribution in [0.2, 0.25) is 0 Å². The van der Waals surface area contributed by atoms with Gasteiger partial charge in [-0.05, 0) is 6.07 Å². The molecule has 11 nitrogen and oxygen atoms in total. The van der Waals surface area contributed by atoms with Crippen LogP contribution in [-0.4, -0.2) is 66.2 Å². The lowest BCUT2D eigenvalue weighted by Crippen LogP contribution is -2.63. The maximum absolute atomic E-state index is 11.7. The lowest BCUT2D eigenvalue weighted by molar-refractivity contribution is -0.289. The Bertz CT molecular complexity index is 768. The molecular weight excluding hydrogens is 402 g/mol. The van der Waals surface area contributed by atoms with Crippen LogP contribution in [0.1, 0.15) is 27.7 Å². The first kappa shape index (κ1) is 23.1. The molecule has 0 spiro atoms. The minimum Gasteiger partial charge on any atom is -0.463 e. The van der Waals surface area contributed by atoms with E-state index in [9.17, 15) is 19.2 Å². The van der Waals surface area contributed by atoms with Gasteiger partial charge in [0, 0.05) is 40.0 Å². The second-order valence-corrected chi connectivity index (χ2v) is 6.35. The van der Waals surface area contributed by atoms with Crippen molar-refractivity contribution < 1.29 is 47.6 Å². The van der Waals surface area contributed by atoms with Gasteiger partial charge in [0.1, 0.15) is 12.7 Å². The molecule has 1 fully saturated rings. The van der Waals surface area contributed by atoms with Crippen LogP contribution in [0, 0.1) is 0 Å². The highest BCUT2D eigenvalue weighted by Crippen LogP contribution is 2.30. The van der Waals surface area contributed by atoms with Crippen molar-refractivity contribution in [1.82, 2.24) is 4.98 Å². The lowest BCUT2D eigenvalue weighted by Gasteiger charge is -2.43. The standard InChI is InChI=1S/C19H23NO10/c1-10(21)25-9-14-16(26-11(2)22)17(27-12(3)23)18(28-13(4)24)19(29-14)30-15-7-5-6-8-20-15/h5-8,14,16-19H,9H2,1-4H3/t14-,16-,17+,18+,19-/m1/s1. The number of ether oxygens (including phenoxy) is 6. The third-order valence-corrected chi connectivity index (χ3v) is 3.82. The number of pyridine rings is 1. The number of carbonyl (C=O) groups excluding carboxylic acids is 4. The van der Waals surface area contributed by atoms with Crippen LogP contribution in [0.3, 0.4) is 0 Å². The Morgan fingerprint density at radius 3 is 2.00 bits per heavy atom. The zero-order valence-electron chi connectivity index (χ0n) is 16.9. The minimum atomic E-state index is -1.31. The predicted octanol–water partition coefficient (Wildman–Crippen LogP) is 0.543. The molecule has 5 atom stereocenters. The van der Waals surface area contributed by atoms with E-state index >= 15 is 0 Å². The van der Waals surface area contributed by atoms with Gasteiger partial charge in [-0.1, -0.05) is 6.07 Å². The molecule has 1 aliphatic heterocycles. The zero-order valence-corrected chi connectivity index (χ0v) is 16.9. The molecule has 0 radical (unpaired) electrons. The number of hydrogen-bond donors (Lipinski definition) is 0.